The van der Waals surface area contributed by atoms with Crippen molar-refractivity contribution in [3.8, 4) is 0 Å². The van der Waals surface area contributed by atoms with E-state index in [-0.39, 0.29) is 11.5 Å². The van der Waals surface area contributed by atoms with Crippen LogP contribution in [0.2, 0.25) is 0 Å². The Morgan fingerprint density at radius 3 is 2.41 bits per heavy atom. The first kappa shape index (κ1) is 12.9. The second kappa shape index (κ2) is 4.27. The van der Waals surface area contributed by atoms with Gasteiger partial charge in [-0.2, -0.15) is 0 Å². The fourth-order valence-electron chi connectivity index (χ4n) is 3.13. The fourth-order valence-corrected chi connectivity index (χ4v) is 3.13. The van der Waals surface area contributed by atoms with E-state index in [9.17, 15) is 4.79 Å². The molecule has 0 saturated carbocycles. The van der Waals surface area contributed by atoms with E-state index in [0.29, 0.717) is 17.9 Å². The molecule has 0 aromatic carbocycles. The summed E-state index contributed by atoms with van der Waals surface area (Å²) in [6.07, 6.45) is 1.18. The average molecular weight is 238 g/mol. The van der Waals surface area contributed by atoms with Gasteiger partial charge < -0.3 is 4.90 Å². The number of rotatable bonds is 1. The van der Waals surface area contributed by atoms with Crippen LogP contribution in [0.5, 0.6) is 0 Å². The van der Waals surface area contributed by atoms with Crippen molar-refractivity contribution in [2.24, 2.45) is 11.8 Å². The maximum Gasteiger partial charge on any atom is 0.227 e. The van der Waals surface area contributed by atoms with E-state index in [1.807, 2.05) is 0 Å². The van der Waals surface area contributed by atoms with E-state index < -0.39 is 0 Å². The molecule has 0 spiro atoms. The molecule has 2 aliphatic rings. The molecule has 0 aromatic heterocycles. The Balaban J connectivity index is 2.08. The van der Waals surface area contributed by atoms with Crippen LogP contribution in [0.1, 0.15) is 41.0 Å². The van der Waals surface area contributed by atoms with Gasteiger partial charge in [0.05, 0.1) is 5.92 Å². The Hall–Kier alpha value is -0.570. The minimum Gasteiger partial charge on any atom is -0.340 e. The number of carbonyl (C=O) groups is 1. The van der Waals surface area contributed by atoms with Gasteiger partial charge in [0.25, 0.3) is 0 Å². The molecule has 0 aliphatic carbocycles. The number of likely N-dealkylation sites (tertiary alicyclic amines) is 2. The van der Waals surface area contributed by atoms with Crippen molar-refractivity contribution in [3.05, 3.63) is 0 Å². The zero-order valence-electron chi connectivity index (χ0n) is 11.9. The Bertz CT molecular complexity index is 306. The molecule has 0 aromatic rings. The van der Waals surface area contributed by atoms with Crippen LogP contribution in [0.3, 0.4) is 0 Å². The van der Waals surface area contributed by atoms with Crippen LogP contribution in [0.15, 0.2) is 0 Å². The topological polar surface area (TPSA) is 23.6 Å². The molecule has 2 heterocycles. The minimum absolute atomic E-state index is 0.191. The van der Waals surface area contributed by atoms with Crippen LogP contribution >= 0.6 is 0 Å². The molecule has 0 bridgehead atoms. The van der Waals surface area contributed by atoms with Crippen molar-refractivity contribution < 1.29 is 4.79 Å². The first-order valence-corrected chi connectivity index (χ1v) is 6.86. The van der Waals surface area contributed by atoms with Crippen LogP contribution in [-0.2, 0) is 4.79 Å². The van der Waals surface area contributed by atoms with Crippen LogP contribution < -0.4 is 0 Å². The molecule has 0 N–H and O–H groups in total. The van der Waals surface area contributed by atoms with Crippen molar-refractivity contribution in [2.75, 3.05) is 19.6 Å². The van der Waals surface area contributed by atoms with Crippen molar-refractivity contribution in [1.82, 2.24) is 9.80 Å². The van der Waals surface area contributed by atoms with Crippen molar-refractivity contribution in [1.29, 1.82) is 0 Å². The monoisotopic (exact) mass is 238 g/mol. The van der Waals surface area contributed by atoms with E-state index in [4.69, 9.17) is 0 Å². The van der Waals surface area contributed by atoms with Gasteiger partial charge in [0.2, 0.25) is 5.91 Å². The molecule has 3 nitrogen and oxygen atoms in total. The van der Waals surface area contributed by atoms with Crippen LogP contribution in [-0.4, -0.2) is 46.9 Å². The molecule has 2 atom stereocenters. The lowest BCUT2D eigenvalue weighted by Gasteiger charge is -2.41. The Labute approximate surface area is 105 Å². The summed E-state index contributed by atoms with van der Waals surface area (Å²) in [5.74, 6) is 1.24. The van der Waals surface area contributed by atoms with Crippen LogP contribution in [0.25, 0.3) is 0 Å². The summed E-state index contributed by atoms with van der Waals surface area (Å²) < 4.78 is 0. The molecule has 3 heteroatoms. The predicted octanol–water partition coefficient (Wildman–Crippen LogP) is 1.97. The van der Waals surface area contributed by atoms with Gasteiger partial charge in [-0.1, -0.05) is 0 Å². The fraction of sp³-hybridized carbons (Fsp3) is 0.929. The summed E-state index contributed by atoms with van der Waals surface area (Å²) >= 11 is 0. The zero-order valence-corrected chi connectivity index (χ0v) is 11.9. The van der Waals surface area contributed by atoms with Crippen molar-refractivity contribution >= 4 is 5.91 Å². The molecule has 17 heavy (non-hydrogen) atoms. The van der Waals surface area contributed by atoms with E-state index in [0.717, 1.165) is 19.6 Å². The number of piperidine rings is 1. The smallest absolute Gasteiger partial charge is 0.227 e. The quantitative estimate of drug-likeness (QED) is 0.697. The molecule has 98 valence electrons. The van der Waals surface area contributed by atoms with Gasteiger partial charge in [0.1, 0.15) is 0 Å². The molecule has 2 unspecified atom stereocenters. The third-order valence-electron chi connectivity index (χ3n) is 4.36. The molecule has 2 rings (SSSR count). The Morgan fingerprint density at radius 2 is 1.88 bits per heavy atom. The van der Waals surface area contributed by atoms with Crippen molar-refractivity contribution in [3.63, 3.8) is 0 Å². The van der Waals surface area contributed by atoms with E-state index in [1.54, 1.807) is 0 Å². The molecular weight excluding hydrogens is 212 g/mol. The lowest BCUT2D eigenvalue weighted by atomic mass is 9.86. The summed E-state index contributed by atoms with van der Waals surface area (Å²) in [4.78, 5) is 16.9. The predicted molar refractivity (Wildman–Crippen MR) is 69.8 cm³/mol. The highest BCUT2D eigenvalue weighted by Crippen LogP contribution is 2.35. The molecule has 1 amide bonds. The number of carbonyl (C=O) groups excluding carboxylic acids is 1. The third kappa shape index (κ3) is 2.35. The molecule has 0 radical (unpaired) electrons. The molecular formula is C14H26N2O. The minimum atomic E-state index is 0.191. The van der Waals surface area contributed by atoms with Crippen molar-refractivity contribution in [2.45, 2.75) is 52.6 Å². The second-order valence-corrected chi connectivity index (χ2v) is 6.86. The largest absolute Gasteiger partial charge is 0.340 e. The highest BCUT2D eigenvalue weighted by Gasteiger charge is 2.45. The number of amides is 1. The van der Waals surface area contributed by atoms with Gasteiger partial charge in [-0.05, 0) is 53.5 Å². The second-order valence-electron chi connectivity index (χ2n) is 6.86. The normalized spacial score (nSPS) is 31.2. The number of hydrogen-bond donors (Lipinski definition) is 0. The first-order valence-electron chi connectivity index (χ1n) is 6.86. The SMILES string of the molecule is CC(C)N1CC2CCN(C(C)(C)C)CC2C1=O. The van der Waals surface area contributed by atoms with Gasteiger partial charge in [0, 0.05) is 24.7 Å². The first-order chi connectivity index (χ1) is 7.80. The molecule has 2 saturated heterocycles. The average Bonchev–Trinajstić information content (AvgIpc) is 2.54. The zero-order chi connectivity index (χ0) is 12.8. The number of nitrogens with zero attached hydrogens (tertiary/aromatic N) is 2. The Morgan fingerprint density at radius 1 is 1.24 bits per heavy atom. The highest BCUT2D eigenvalue weighted by molar-refractivity contribution is 5.82. The van der Waals surface area contributed by atoms with Gasteiger partial charge >= 0.3 is 0 Å². The number of hydrogen-bond acceptors (Lipinski definition) is 2. The lowest BCUT2D eigenvalue weighted by molar-refractivity contribution is -0.134. The summed E-state index contributed by atoms with van der Waals surface area (Å²) in [6, 6.07) is 0.358. The maximum absolute atomic E-state index is 12.4. The Kier molecular flexibility index (Phi) is 3.23. The maximum atomic E-state index is 12.4. The van der Waals surface area contributed by atoms with E-state index in [1.165, 1.54) is 6.42 Å². The third-order valence-corrected chi connectivity index (χ3v) is 4.36. The van der Waals surface area contributed by atoms with Gasteiger partial charge in [-0.25, -0.2) is 0 Å². The molecule has 2 aliphatic heterocycles. The van der Waals surface area contributed by atoms with Crippen LogP contribution in [0, 0.1) is 11.8 Å². The van der Waals surface area contributed by atoms with Gasteiger partial charge in [-0.15, -0.1) is 0 Å². The van der Waals surface area contributed by atoms with Gasteiger partial charge in [0.15, 0.2) is 0 Å². The standard InChI is InChI=1S/C14H26N2O/c1-10(2)16-8-11-6-7-15(14(3,4)5)9-12(11)13(16)17/h10-12H,6-9H2,1-5H3. The van der Waals surface area contributed by atoms with Crippen LogP contribution in [0.4, 0.5) is 0 Å². The van der Waals surface area contributed by atoms with E-state index >= 15 is 0 Å². The number of fused-ring (bicyclic) bond motifs is 1. The molecule has 2 fully saturated rings. The summed E-state index contributed by atoms with van der Waals surface area (Å²) in [7, 11) is 0. The van der Waals surface area contributed by atoms with Gasteiger partial charge in [-0.3, -0.25) is 9.69 Å². The van der Waals surface area contributed by atoms with E-state index in [2.05, 4.69) is 44.4 Å². The summed E-state index contributed by atoms with van der Waals surface area (Å²) in [5.41, 5.74) is 0.191. The lowest BCUT2D eigenvalue weighted by Crippen LogP contribution is -2.50. The summed E-state index contributed by atoms with van der Waals surface area (Å²) in [6.45, 7) is 14.1. The highest BCUT2D eigenvalue weighted by atomic mass is 16.2. The summed E-state index contributed by atoms with van der Waals surface area (Å²) in [5, 5.41) is 0.